The van der Waals surface area contributed by atoms with Crippen LogP contribution < -0.4 is 5.32 Å². The molecule has 0 saturated carbocycles. The van der Waals surface area contributed by atoms with Crippen LogP contribution in [0, 0.1) is 0 Å². The number of amides is 2. The number of nitrogens with zero attached hydrogens (tertiary/aromatic N) is 3. The molecule has 2 amide bonds. The summed E-state index contributed by atoms with van der Waals surface area (Å²) in [6, 6.07) is 11.2. The molecule has 0 aliphatic carbocycles. The molecule has 1 aliphatic rings. The van der Waals surface area contributed by atoms with Crippen LogP contribution in [0.1, 0.15) is 23.8 Å². The van der Waals surface area contributed by atoms with E-state index in [9.17, 15) is 4.79 Å². The number of carbonyl (C=O) groups is 1. The lowest BCUT2D eigenvalue weighted by molar-refractivity contribution is 0.194. The molecule has 0 spiro atoms. The van der Waals surface area contributed by atoms with E-state index in [1.807, 2.05) is 35.2 Å². The van der Waals surface area contributed by atoms with Crippen LogP contribution in [0.3, 0.4) is 0 Å². The summed E-state index contributed by atoms with van der Waals surface area (Å²) in [6.07, 6.45) is 3.51. The van der Waals surface area contributed by atoms with Gasteiger partial charge in [-0.1, -0.05) is 17.7 Å². The Hall–Kier alpha value is -2.18. The molecular weight excluding hydrogens is 356 g/mol. The zero-order chi connectivity index (χ0) is 17.2. The Morgan fingerprint density at radius 2 is 2.08 bits per heavy atom. The van der Waals surface area contributed by atoms with Crippen LogP contribution in [-0.4, -0.2) is 34.0 Å². The van der Waals surface area contributed by atoms with Crippen molar-refractivity contribution in [2.45, 2.75) is 18.8 Å². The summed E-state index contributed by atoms with van der Waals surface area (Å²) in [7, 11) is 0. The lowest BCUT2D eigenvalue weighted by Crippen LogP contribution is -2.40. The Labute approximate surface area is 154 Å². The smallest absolute Gasteiger partial charge is 0.323 e. The Kier molecular flexibility index (Phi) is 4.55. The van der Waals surface area contributed by atoms with Crippen molar-refractivity contribution in [1.82, 2.24) is 14.9 Å². The predicted molar refractivity (Wildman–Crippen MR) is 101 cm³/mol. The number of aromatic nitrogens is 2. The van der Waals surface area contributed by atoms with Gasteiger partial charge in [0.25, 0.3) is 0 Å². The van der Waals surface area contributed by atoms with E-state index in [1.54, 1.807) is 23.6 Å². The topological polar surface area (TPSA) is 58.1 Å². The monoisotopic (exact) mass is 372 g/mol. The molecule has 4 rings (SSSR count). The maximum absolute atomic E-state index is 12.3. The Morgan fingerprint density at radius 3 is 2.84 bits per heavy atom. The van der Waals surface area contributed by atoms with Crippen LogP contribution >= 0.6 is 22.9 Å². The van der Waals surface area contributed by atoms with E-state index < -0.39 is 0 Å². The van der Waals surface area contributed by atoms with Crippen molar-refractivity contribution in [3.05, 3.63) is 52.6 Å². The number of halogens is 1. The van der Waals surface area contributed by atoms with Gasteiger partial charge in [0, 0.05) is 30.2 Å². The minimum absolute atomic E-state index is 0.0896. The molecular formula is C18H17ClN4OS. The molecule has 25 heavy (non-hydrogen) atoms. The first-order valence-electron chi connectivity index (χ1n) is 8.22. The Bertz CT molecular complexity index is 890. The van der Waals surface area contributed by atoms with Crippen molar-refractivity contribution in [1.29, 1.82) is 0 Å². The summed E-state index contributed by atoms with van der Waals surface area (Å²) >= 11 is 7.77. The molecule has 1 fully saturated rings. The van der Waals surface area contributed by atoms with Gasteiger partial charge in [0.2, 0.25) is 0 Å². The third-order valence-electron chi connectivity index (χ3n) is 4.40. The van der Waals surface area contributed by atoms with Gasteiger partial charge in [-0.05, 0) is 43.2 Å². The number of thiazole rings is 1. The van der Waals surface area contributed by atoms with Crippen LogP contribution in [0.5, 0.6) is 0 Å². The van der Waals surface area contributed by atoms with Crippen molar-refractivity contribution in [3.63, 3.8) is 0 Å². The van der Waals surface area contributed by atoms with Crippen molar-refractivity contribution in [3.8, 4) is 0 Å². The van der Waals surface area contributed by atoms with Crippen molar-refractivity contribution in [2.75, 3.05) is 18.4 Å². The van der Waals surface area contributed by atoms with E-state index in [-0.39, 0.29) is 6.03 Å². The highest BCUT2D eigenvalue weighted by Gasteiger charge is 2.26. The second-order valence-electron chi connectivity index (χ2n) is 6.07. The van der Waals surface area contributed by atoms with Crippen LogP contribution in [0.15, 0.2) is 42.6 Å². The van der Waals surface area contributed by atoms with Gasteiger partial charge >= 0.3 is 6.03 Å². The number of hydrogen-bond donors (Lipinski definition) is 1. The zero-order valence-electron chi connectivity index (χ0n) is 13.5. The summed E-state index contributed by atoms with van der Waals surface area (Å²) in [6.45, 7) is 1.44. The lowest BCUT2D eigenvalue weighted by atomic mass is 9.98. The van der Waals surface area contributed by atoms with Gasteiger partial charge in [0.1, 0.15) is 5.82 Å². The fraction of sp³-hybridized carbons (Fsp3) is 0.278. The highest BCUT2D eigenvalue weighted by molar-refractivity contribution is 7.18. The molecule has 128 valence electrons. The van der Waals surface area contributed by atoms with E-state index in [2.05, 4.69) is 10.3 Å². The van der Waals surface area contributed by atoms with E-state index in [0.29, 0.717) is 16.8 Å². The molecule has 3 heterocycles. The van der Waals surface area contributed by atoms with Crippen LogP contribution in [0.2, 0.25) is 5.02 Å². The normalized spacial score (nSPS) is 15.5. The van der Waals surface area contributed by atoms with Crippen LogP contribution in [0.25, 0.3) is 10.2 Å². The average Bonchev–Trinajstić information content (AvgIpc) is 3.06. The van der Waals surface area contributed by atoms with Crippen molar-refractivity contribution in [2.24, 2.45) is 0 Å². The molecule has 0 atom stereocenters. The molecule has 0 radical (unpaired) electrons. The van der Waals surface area contributed by atoms with Crippen molar-refractivity contribution < 1.29 is 4.79 Å². The third kappa shape index (κ3) is 3.60. The number of anilines is 1. The maximum Gasteiger partial charge on any atom is 0.323 e. The standard InChI is InChI=1S/C18H17ClN4OS/c19-13-4-5-15-14(11-13)21-17(25-15)12-6-9-23(10-7-12)18(24)22-16-3-1-2-8-20-16/h1-5,8,11-12H,6-7,9-10H2,(H,20,22,24). The van der Waals surface area contributed by atoms with Gasteiger partial charge in [-0.2, -0.15) is 0 Å². The fourth-order valence-electron chi connectivity index (χ4n) is 3.05. The Morgan fingerprint density at radius 1 is 1.24 bits per heavy atom. The summed E-state index contributed by atoms with van der Waals surface area (Å²) in [5.74, 6) is 0.979. The van der Waals surface area contributed by atoms with E-state index in [0.717, 1.165) is 41.2 Å². The van der Waals surface area contributed by atoms with Gasteiger partial charge in [0.05, 0.1) is 15.2 Å². The van der Waals surface area contributed by atoms with E-state index in [4.69, 9.17) is 16.6 Å². The van der Waals surface area contributed by atoms with Crippen LogP contribution in [-0.2, 0) is 0 Å². The molecule has 1 N–H and O–H groups in total. The fourth-order valence-corrected chi connectivity index (χ4v) is 4.33. The quantitative estimate of drug-likeness (QED) is 0.705. The molecule has 7 heteroatoms. The minimum Gasteiger partial charge on any atom is -0.324 e. The number of piperidine rings is 1. The first-order valence-corrected chi connectivity index (χ1v) is 9.41. The van der Waals surface area contributed by atoms with Gasteiger partial charge in [0.15, 0.2) is 0 Å². The first-order chi connectivity index (χ1) is 12.2. The highest BCUT2D eigenvalue weighted by atomic mass is 35.5. The predicted octanol–water partition coefficient (Wildman–Crippen LogP) is 4.76. The highest BCUT2D eigenvalue weighted by Crippen LogP contribution is 2.34. The third-order valence-corrected chi connectivity index (χ3v) is 5.83. The SMILES string of the molecule is O=C(Nc1ccccn1)N1CCC(c2nc3cc(Cl)ccc3s2)CC1. The summed E-state index contributed by atoms with van der Waals surface area (Å²) in [4.78, 5) is 23.0. The summed E-state index contributed by atoms with van der Waals surface area (Å²) < 4.78 is 1.16. The number of fused-ring (bicyclic) bond motifs is 1. The second-order valence-corrected chi connectivity index (χ2v) is 7.57. The lowest BCUT2D eigenvalue weighted by Gasteiger charge is -2.31. The number of likely N-dealkylation sites (tertiary alicyclic amines) is 1. The molecule has 2 aromatic heterocycles. The number of rotatable bonds is 2. The number of nitrogens with one attached hydrogen (secondary N) is 1. The second kappa shape index (κ2) is 6.98. The minimum atomic E-state index is -0.0896. The molecule has 0 unspecified atom stereocenters. The number of benzene rings is 1. The van der Waals surface area contributed by atoms with Gasteiger partial charge < -0.3 is 4.90 Å². The molecule has 1 aliphatic heterocycles. The van der Waals surface area contributed by atoms with E-state index in [1.165, 1.54) is 0 Å². The van der Waals surface area contributed by atoms with Gasteiger partial charge in [-0.15, -0.1) is 11.3 Å². The maximum atomic E-state index is 12.3. The summed E-state index contributed by atoms with van der Waals surface area (Å²) in [5.41, 5.74) is 0.961. The number of pyridine rings is 1. The number of urea groups is 1. The molecule has 1 saturated heterocycles. The van der Waals surface area contributed by atoms with E-state index >= 15 is 0 Å². The largest absolute Gasteiger partial charge is 0.324 e. The molecule has 3 aromatic rings. The molecule has 5 nitrogen and oxygen atoms in total. The van der Waals surface area contributed by atoms with Crippen LogP contribution in [0.4, 0.5) is 10.6 Å². The summed E-state index contributed by atoms with van der Waals surface area (Å²) in [5, 5.41) is 4.70. The van der Waals surface area contributed by atoms with Gasteiger partial charge in [-0.3, -0.25) is 5.32 Å². The van der Waals surface area contributed by atoms with Gasteiger partial charge in [-0.25, -0.2) is 14.8 Å². The number of carbonyl (C=O) groups excluding carboxylic acids is 1. The first kappa shape index (κ1) is 16.3. The number of hydrogen-bond acceptors (Lipinski definition) is 4. The average molecular weight is 373 g/mol. The molecule has 1 aromatic carbocycles. The molecule has 0 bridgehead atoms. The van der Waals surface area contributed by atoms with Crippen molar-refractivity contribution >= 4 is 45.0 Å². The Balaban J connectivity index is 1.39. The zero-order valence-corrected chi connectivity index (χ0v) is 15.1.